The minimum Gasteiger partial charge on any atom is -0.483 e. The van der Waals surface area contributed by atoms with E-state index in [-0.39, 0.29) is 18.1 Å². The number of carbonyl (C=O) groups excluding carboxylic acids is 1. The number of ether oxygens (including phenoxy) is 1. The fourth-order valence-electron chi connectivity index (χ4n) is 1.65. The summed E-state index contributed by atoms with van der Waals surface area (Å²) >= 11 is 0. The first-order valence-electron chi connectivity index (χ1n) is 5.69. The van der Waals surface area contributed by atoms with Crippen LogP contribution in [0.1, 0.15) is 21.9 Å². The Morgan fingerprint density at radius 1 is 1.40 bits per heavy atom. The Hall–Kier alpha value is -2.41. The number of nitrogens with two attached hydrogens (primary N) is 1. The molecule has 0 fully saturated rings. The van der Waals surface area contributed by atoms with E-state index in [1.165, 1.54) is 6.07 Å². The Balaban J connectivity index is 2.09. The molecule has 0 unspecified atom stereocenters. The summed E-state index contributed by atoms with van der Waals surface area (Å²) in [6.45, 7) is 1.57. The van der Waals surface area contributed by atoms with Gasteiger partial charge in [-0.2, -0.15) is 0 Å². The van der Waals surface area contributed by atoms with Gasteiger partial charge in [0.1, 0.15) is 18.2 Å². The highest BCUT2D eigenvalue weighted by atomic mass is 19.1. The maximum absolute atomic E-state index is 13.3. The molecule has 0 saturated heterocycles. The molecule has 0 aliphatic rings. The molecule has 0 saturated carbocycles. The van der Waals surface area contributed by atoms with Crippen molar-refractivity contribution < 1.29 is 22.7 Å². The molecule has 0 atom stereocenters. The molecule has 2 rings (SSSR count). The molecule has 0 aliphatic heterocycles. The van der Waals surface area contributed by atoms with Crippen molar-refractivity contribution >= 4 is 5.91 Å². The molecule has 0 aliphatic carbocycles. The van der Waals surface area contributed by atoms with Crippen molar-refractivity contribution in [1.29, 1.82) is 0 Å². The first-order valence-corrected chi connectivity index (χ1v) is 5.69. The zero-order chi connectivity index (χ0) is 14.7. The van der Waals surface area contributed by atoms with Gasteiger partial charge < -0.3 is 9.15 Å². The zero-order valence-electron chi connectivity index (χ0n) is 10.6. The summed E-state index contributed by atoms with van der Waals surface area (Å²) < 4.78 is 36.5. The normalized spacial score (nSPS) is 10.4. The number of furan rings is 1. The highest BCUT2D eigenvalue weighted by molar-refractivity contribution is 5.92. The van der Waals surface area contributed by atoms with Crippen molar-refractivity contribution in [1.82, 2.24) is 5.43 Å². The van der Waals surface area contributed by atoms with E-state index in [9.17, 15) is 13.6 Å². The van der Waals surface area contributed by atoms with Gasteiger partial charge in [0.25, 0.3) is 0 Å². The van der Waals surface area contributed by atoms with Gasteiger partial charge in [-0.3, -0.25) is 10.2 Å². The number of halogens is 2. The van der Waals surface area contributed by atoms with Crippen LogP contribution in [-0.4, -0.2) is 5.91 Å². The number of carbonyl (C=O) groups is 1. The lowest BCUT2D eigenvalue weighted by Gasteiger charge is -2.05. The third-order valence-electron chi connectivity index (χ3n) is 2.57. The second-order valence-electron chi connectivity index (χ2n) is 4.06. The van der Waals surface area contributed by atoms with Crippen molar-refractivity contribution in [2.24, 2.45) is 5.84 Å². The summed E-state index contributed by atoms with van der Waals surface area (Å²) in [5.74, 6) is 3.21. The lowest BCUT2D eigenvalue weighted by molar-refractivity contribution is 0.0921. The summed E-state index contributed by atoms with van der Waals surface area (Å²) in [5.41, 5.74) is 2.52. The topological polar surface area (TPSA) is 77.5 Å². The molecule has 1 amide bonds. The largest absolute Gasteiger partial charge is 0.483 e. The predicted octanol–water partition coefficient (Wildman–Crippen LogP) is 2.05. The van der Waals surface area contributed by atoms with E-state index < -0.39 is 17.5 Å². The van der Waals surface area contributed by atoms with Crippen molar-refractivity contribution in [2.75, 3.05) is 0 Å². The minimum atomic E-state index is -0.812. The van der Waals surface area contributed by atoms with E-state index in [1.54, 1.807) is 13.0 Å². The molecule has 0 bridgehead atoms. The standard InChI is InChI=1S/C13H12F2N2O3/c1-7-4-9(20-12(7)13(18)17-16)6-19-11-3-2-8(14)5-10(11)15/h2-5H,6,16H2,1H3,(H,17,18). The van der Waals surface area contributed by atoms with E-state index in [0.29, 0.717) is 11.3 Å². The number of hydrazine groups is 1. The fourth-order valence-corrected chi connectivity index (χ4v) is 1.65. The summed E-state index contributed by atoms with van der Waals surface area (Å²) in [6.07, 6.45) is 0. The van der Waals surface area contributed by atoms with Gasteiger partial charge in [0.15, 0.2) is 17.3 Å². The molecule has 1 aromatic heterocycles. The first kappa shape index (κ1) is 14.0. The Kier molecular flexibility index (Phi) is 3.99. The van der Waals surface area contributed by atoms with E-state index in [1.807, 2.05) is 5.43 Å². The smallest absolute Gasteiger partial charge is 0.301 e. The molecular weight excluding hydrogens is 270 g/mol. The third-order valence-corrected chi connectivity index (χ3v) is 2.57. The second-order valence-corrected chi connectivity index (χ2v) is 4.06. The van der Waals surface area contributed by atoms with Crippen LogP contribution in [0.4, 0.5) is 8.78 Å². The summed E-state index contributed by atoms with van der Waals surface area (Å²) in [5, 5.41) is 0. The molecule has 0 spiro atoms. The van der Waals surface area contributed by atoms with E-state index >= 15 is 0 Å². The van der Waals surface area contributed by atoms with Gasteiger partial charge in [0.2, 0.25) is 0 Å². The summed E-state index contributed by atoms with van der Waals surface area (Å²) in [7, 11) is 0. The van der Waals surface area contributed by atoms with Crippen LogP contribution in [0, 0.1) is 18.6 Å². The van der Waals surface area contributed by atoms with E-state index in [4.69, 9.17) is 15.0 Å². The van der Waals surface area contributed by atoms with Crippen LogP contribution in [0.15, 0.2) is 28.7 Å². The second kappa shape index (κ2) is 5.70. The van der Waals surface area contributed by atoms with Gasteiger partial charge in [0.05, 0.1) is 0 Å². The highest BCUT2D eigenvalue weighted by Crippen LogP contribution is 2.21. The molecule has 1 heterocycles. The average molecular weight is 282 g/mol. The third kappa shape index (κ3) is 2.94. The number of rotatable bonds is 4. The SMILES string of the molecule is Cc1cc(COc2ccc(F)cc2F)oc1C(=O)NN. The zero-order valence-corrected chi connectivity index (χ0v) is 10.6. The number of aryl methyl sites for hydroxylation is 1. The van der Waals surface area contributed by atoms with Crippen molar-refractivity contribution in [3.05, 3.63) is 53.0 Å². The van der Waals surface area contributed by atoms with Crippen molar-refractivity contribution in [3.63, 3.8) is 0 Å². The van der Waals surface area contributed by atoms with Crippen LogP contribution >= 0.6 is 0 Å². The molecule has 5 nitrogen and oxygen atoms in total. The van der Waals surface area contributed by atoms with Gasteiger partial charge in [0, 0.05) is 11.6 Å². The molecule has 1 aromatic carbocycles. The Labute approximate surface area is 113 Å². The van der Waals surface area contributed by atoms with Gasteiger partial charge in [-0.25, -0.2) is 14.6 Å². The Bertz CT molecular complexity index is 641. The van der Waals surface area contributed by atoms with Crippen LogP contribution in [0.5, 0.6) is 5.75 Å². The molecule has 20 heavy (non-hydrogen) atoms. The summed E-state index contributed by atoms with van der Waals surface area (Å²) in [4.78, 5) is 11.3. The van der Waals surface area contributed by atoms with Gasteiger partial charge >= 0.3 is 5.91 Å². The highest BCUT2D eigenvalue weighted by Gasteiger charge is 2.15. The van der Waals surface area contributed by atoms with Gasteiger partial charge in [-0.1, -0.05) is 0 Å². The van der Waals surface area contributed by atoms with E-state index in [0.717, 1.165) is 12.1 Å². The number of hydrogen-bond acceptors (Lipinski definition) is 4. The summed E-state index contributed by atoms with van der Waals surface area (Å²) in [6, 6.07) is 4.55. The van der Waals surface area contributed by atoms with Gasteiger partial charge in [-0.15, -0.1) is 0 Å². The van der Waals surface area contributed by atoms with Crippen LogP contribution in [-0.2, 0) is 6.61 Å². The number of hydrogen-bond donors (Lipinski definition) is 2. The number of benzene rings is 1. The van der Waals surface area contributed by atoms with Crippen molar-refractivity contribution in [2.45, 2.75) is 13.5 Å². The quantitative estimate of drug-likeness (QED) is 0.511. The monoisotopic (exact) mass is 282 g/mol. The molecule has 3 N–H and O–H groups in total. The van der Waals surface area contributed by atoms with Crippen LogP contribution in [0.2, 0.25) is 0 Å². The van der Waals surface area contributed by atoms with E-state index in [2.05, 4.69) is 0 Å². The minimum absolute atomic E-state index is 0.0608. The number of amides is 1. The molecule has 0 radical (unpaired) electrons. The van der Waals surface area contributed by atoms with Crippen LogP contribution < -0.4 is 16.0 Å². The van der Waals surface area contributed by atoms with Crippen molar-refractivity contribution in [3.8, 4) is 5.75 Å². The predicted molar refractivity (Wildman–Crippen MR) is 65.8 cm³/mol. The number of nitrogen functional groups attached to an aromatic ring is 1. The molecular formula is C13H12F2N2O3. The first-order chi connectivity index (χ1) is 9.51. The lowest BCUT2D eigenvalue weighted by atomic mass is 10.2. The fraction of sp³-hybridized carbons (Fsp3) is 0.154. The van der Waals surface area contributed by atoms with Crippen LogP contribution in [0.25, 0.3) is 0 Å². The molecule has 106 valence electrons. The average Bonchev–Trinajstić information content (AvgIpc) is 2.78. The Morgan fingerprint density at radius 2 is 2.15 bits per heavy atom. The lowest BCUT2D eigenvalue weighted by Crippen LogP contribution is -2.30. The van der Waals surface area contributed by atoms with Gasteiger partial charge in [-0.05, 0) is 25.1 Å². The Morgan fingerprint density at radius 3 is 2.80 bits per heavy atom. The maximum Gasteiger partial charge on any atom is 0.301 e. The van der Waals surface area contributed by atoms with Crippen LogP contribution in [0.3, 0.4) is 0 Å². The maximum atomic E-state index is 13.3. The molecule has 2 aromatic rings. The number of nitrogens with one attached hydrogen (secondary N) is 1. The molecule has 7 heteroatoms.